The quantitative estimate of drug-likeness (QED) is 0.524. The summed E-state index contributed by atoms with van der Waals surface area (Å²) in [5.41, 5.74) is 5.36. The van der Waals surface area contributed by atoms with Crippen LogP contribution in [0.25, 0.3) is 0 Å². The highest BCUT2D eigenvalue weighted by Crippen LogP contribution is 1.97. The topological polar surface area (TPSA) is 92.1 Å². The summed E-state index contributed by atoms with van der Waals surface area (Å²) in [6.07, 6.45) is 0. The molecule has 0 aliphatic carbocycles. The van der Waals surface area contributed by atoms with Crippen LogP contribution in [-0.2, 0) is 4.74 Å². The van der Waals surface area contributed by atoms with Crippen molar-refractivity contribution in [2.45, 2.75) is 0 Å². The highest BCUT2D eigenvalue weighted by molar-refractivity contribution is 5.29. The predicted octanol–water partition coefficient (Wildman–Crippen LogP) is -0.623. The molecule has 0 aliphatic heterocycles. The van der Waals surface area contributed by atoms with E-state index in [-0.39, 0.29) is 0 Å². The van der Waals surface area contributed by atoms with Crippen molar-refractivity contribution in [2.24, 2.45) is 0 Å². The third kappa shape index (κ3) is 5.18. The standard InChI is InChI=1S/C8H18N6O/c1-14(2)4-6-15-5-3-10-8-11-7(9)12-13-8/h3-6H2,1-2H3,(H4,9,10,11,12,13). The van der Waals surface area contributed by atoms with Crippen LogP contribution in [0.15, 0.2) is 0 Å². The number of rotatable bonds is 7. The third-order valence-electron chi connectivity index (χ3n) is 1.72. The van der Waals surface area contributed by atoms with Gasteiger partial charge < -0.3 is 20.7 Å². The van der Waals surface area contributed by atoms with E-state index in [1.807, 2.05) is 14.1 Å². The van der Waals surface area contributed by atoms with Gasteiger partial charge in [0.25, 0.3) is 0 Å². The lowest BCUT2D eigenvalue weighted by molar-refractivity contribution is 0.126. The van der Waals surface area contributed by atoms with Gasteiger partial charge in [-0.3, -0.25) is 0 Å². The summed E-state index contributed by atoms with van der Waals surface area (Å²) in [7, 11) is 4.02. The first-order chi connectivity index (χ1) is 7.18. The molecule has 0 bridgehead atoms. The molecule has 0 spiro atoms. The van der Waals surface area contributed by atoms with Crippen molar-refractivity contribution in [2.75, 3.05) is 51.4 Å². The number of nitrogens with zero attached hydrogens (tertiary/aromatic N) is 3. The summed E-state index contributed by atoms with van der Waals surface area (Å²) < 4.78 is 5.37. The lowest BCUT2D eigenvalue weighted by Gasteiger charge is -2.09. The van der Waals surface area contributed by atoms with E-state index in [0.29, 0.717) is 25.0 Å². The summed E-state index contributed by atoms with van der Waals surface area (Å²) in [6.45, 7) is 2.95. The van der Waals surface area contributed by atoms with Crippen LogP contribution in [0.1, 0.15) is 0 Å². The number of hydrogen-bond donors (Lipinski definition) is 3. The maximum absolute atomic E-state index is 5.37. The normalized spacial score (nSPS) is 10.9. The van der Waals surface area contributed by atoms with E-state index in [1.165, 1.54) is 0 Å². The second-order valence-corrected chi connectivity index (χ2v) is 3.39. The average Bonchev–Trinajstić information content (AvgIpc) is 2.57. The number of nitrogens with two attached hydrogens (primary N) is 1. The fraction of sp³-hybridized carbons (Fsp3) is 0.750. The Hall–Kier alpha value is -1.34. The van der Waals surface area contributed by atoms with E-state index < -0.39 is 0 Å². The van der Waals surface area contributed by atoms with E-state index in [1.54, 1.807) is 0 Å². The Bertz CT molecular complexity index is 274. The van der Waals surface area contributed by atoms with Crippen molar-refractivity contribution in [3.63, 3.8) is 0 Å². The molecular formula is C8H18N6O. The van der Waals surface area contributed by atoms with Crippen molar-refractivity contribution in [1.82, 2.24) is 20.1 Å². The highest BCUT2D eigenvalue weighted by atomic mass is 16.5. The molecule has 0 fully saturated rings. The van der Waals surface area contributed by atoms with Gasteiger partial charge in [-0.1, -0.05) is 0 Å². The van der Waals surface area contributed by atoms with E-state index in [0.717, 1.165) is 13.2 Å². The molecule has 86 valence electrons. The first-order valence-electron chi connectivity index (χ1n) is 4.82. The summed E-state index contributed by atoms with van der Waals surface area (Å²) in [4.78, 5) is 5.97. The predicted molar refractivity (Wildman–Crippen MR) is 58.7 cm³/mol. The molecule has 7 nitrogen and oxygen atoms in total. The Morgan fingerprint density at radius 2 is 2.27 bits per heavy atom. The van der Waals surface area contributed by atoms with Gasteiger partial charge in [-0.15, -0.1) is 5.10 Å². The molecule has 7 heteroatoms. The summed E-state index contributed by atoms with van der Waals surface area (Å²) in [5.74, 6) is 0.815. The van der Waals surface area contributed by atoms with Crippen LogP contribution in [0.5, 0.6) is 0 Å². The maximum Gasteiger partial charge on any atom is 0.243 e. The van der Waals surface area contributed by atoms with Crippen LogP contribution >= 0.6 is 0 Å². The molecular weight excluding hydrogens is 196 g/mol. The van der Waals surface area contributed by atoms with Crippen molar-refractivity contribution < 1.29 is 4.74 Å². The van der Waals surface area contributed by atoms with Crippen LogP contribution in [0.4, 0.5) is 11.9 Å². The zero-order valence-electron chi connectivity index (χ0n) is 9.16. The second-order valence-electron chi connectivity index (χ2n) is 3.39. The van der Waals surface area contributed by atoms with Crippen molar-refractivity contribution in [1.29, 1.82) is 0 Å². The van der Waals surface area contributed by atoms with Gasteiger partial charge in [0.15, 0.2) is 0 Å². The molecule has 0 radical (unpaired) electrons. The largest absolute Gasteiger partial charge is 0.378 e. The number of hydrogen-bond acceptors (Lipinski definition) is 6. The van der Waals surface area contributed by atoms with Gasteiger partial charge in [0.2, 0.25) is 11.9 Å². The molecule has 1 rings (SSSR count). The Labute approximate surface area is 89.0 Å². The summed E-state index contributed by atoms with van der Waals surface area (Å²) >= 11 is 0. The van der Waals surface area contributed by atoms with Gasteiger partial charge in [0, 0.05) is 13.1 Å². The summed E-state index contributed by atoms with van der Waals surface area (Å²) in [5, 5.41) is 9.35. The number of anilines is 2. The Morgan fingerprint density at radius 3 is 2.87 bits per heavy atom. The molecule has 0 unspecified atom stereocenters. The minimum Gasteiger partial charge on any atom is -0.378 e. The molecule has 0 amide bonds. The number of nitrogen functional groups attached to an aromatic ring is 1. The fourth-order valence-electron chi connectivity index (χ4n) is 0.938. The fourth-order valence-corrected chi connectivity index (χ4v) is 0.938. The minimum atomic E-state index is 0.311. The van der Waals surface area contributed by atoms with E-state index in [9.17, 15) is 0 Å². The van der Waals surface area contributed by atoms with Crippen molar-refractivity contribution >= 4 is 11.9 Å². The van der Waals surface area contributed by atoms with Crippen LogP contribution in [0.3, 0.4) is 0 Å². The van der Waals surface area contributed by atoms with Gasteiger partial charge in [-0.2, -0.15) is 4.98 Å². The van der Waals surface area contributed by atoms with Gasteiger partial charge >= 0.3 is 0 Å². The molecule has 0 saturated carbocycles. The molecule has 15 heavy (non-hydrogen) atoms. The lowest BCUT2D eigenvalue weighted by atomic mass is 10.6. The zero-order valence-corrected chi connectivity index (χ0v) is 9.16. The average molecular weight is 214 g/mol. The molecule has 0 saturated heterocycles. The van der Waals surface area contributed by atoms with Crippen LogP contribution in [0, 0.1) is 0 Å². The van der Waals surface area contributed by atoms with E-state index in [4.69, 9.17) is 10.5 Å². The van der Waals surface area contributed by atoms with Gasteiger partial charge in [-0.25, -0.2) is 5.10 Å². The minimum absolute atomic E-state index is 0.311. The van der Waals surface area contributed by atoms with Gasteiger partial charge in [0.05, 0.1) is 13.2 Å². The second kappa shape index (κ2) is 6.20. The Morgan fingerprint density at radius 1 is 1.47 bits per heavy atom. The van der Waals surface area contributed by atoms with Crippen LogP contribution in [-0.4, -0.2) is 60.5 Å². The van der Waals surface area contributed by atoms with Crippen LogP contribution < -0.4 is 11.1 Å². The van der Waals surface area contributed by atoms with E-state index in [2.05, 4.69) is 25.4 Å². The smallest absolute Gasteiger partial charge is 0.243 e. The lowest BCUT2D eigenvalue weighted by Crippen LogP contribution is -2.20. The number of nitrogens with one attached hydrogen (secondary N) is 2. The molecule has 1 aromatic rings. The van der Waals surface area contributed by atoms with Gasteiger partial charge in [0.1, 0.15) is 0 Å². The number of H-pyrrole nitrogens is 1. The highest BCUT2D eigenvalue weighted by Gasteiger charge is 1.97. The number of aromatic amines is 1. The number of aromatic nitrogens is 3. The Kier molecular flexibility index (Phi) is 4.85. The SMILES string of the molecule is CN(C)CCOCCNc1n[nH]c(N)n1. The number of ether oxygens (including phenoxy) is 1. The molecule has 1 aromatic heterocycles. The molecule has 4 N–H and O–H groups in total. The molecule has 1 heterocycles. The van der Waals surface area contributed by atoms with Crippen molar-refractivity contribution in [3.8, 4) is 0 Å². The zero-order chi connectivity index (χ0) is 11.1. The van der Waals surface area contributed by atoms with Crippen molar-refractivity contribution in [3.05, 3.63) is 0 Å². The maximum atomic E-state index is 5.37. The first-order valence-corrected chi connectivity index (χ1v) is 4.82. The summed E-state index contributed by atoms with van der Waals surface area (Å²) in [6, 6.07) is 0. The Balaban J connectivity index is 1.98. The van der Waals surface area contributed by atoms with E-state index >= 15 is 0 Å². The van der Waals surface area contributed by atoms with Gasteiger partial charge in [-0.05, 0) is 14.1 Å². The van der Waals surface area contributed by atoms with Crippen LogP contribution in [0.2, 0.25) is 0 Å². The molecule has 0 atom stereocenters. The first kappa shape index (κ1) is 11.7. The molecule has 0 aromatic carbocycles. The number of likely N-dealkylation sites (N-methyl/N-ethyl adjacent to an activating group) is 1. The molecule has 0 aliphatic rings. The third-order valence-corrected chi connectivity index (χ3v) is 1.72. The monoisotopic (exact) mass is 214 g/mol.